The summed E-state index contributed by atoms with van der Waals surface area (Å²) in [5.74, 6) is 1.26. The van der Waals surface area contributed by atoms with Crippen molar-refractivity contribution in [3.8, 4) is 0 Å². The average molecular weight is 126 g/mol. The molecule has 50 valence electrons. The van der Waals surface area contributed by atoms with Crippen LogP contribution < -0.4 is 0 Å². The van der Waals surface area contributed by atoms with Gasteiger partial charge in [0.2, 0.25) is 0 Å². The maximum absolute atomic E-state index is 5.05. The monoisotopic (exact) mass is 126 g/mol. The Morgan fingerprint density at radius 3 is 2.89 bits per heavy atom. The van der Waals surface area contributed by atoms with E-state index in [1.54, 1.807) is 6.26 Å². The van der Waals surface area contributed by atoms with Crippen LogP contribution in [0.15, 0.2) is 24.5 Å². The van der Waals surface area contributed by atoms with Crippen molar-refractivity contribution in [1.82, 2.24) is 0 Å². The average Bonchev–Trinajstić information content (AvgIpc) is 2.17. The standard InChI is InChI=1S/C7H10O2/c1-3-4-7-5-8-6(2)9-7/h5H,2-4H2,1H3. The van der Waals surface area contributed by atoms with Crippen molar-refractivity contribution >= 4 is 0 Å². The number of hydrogen-bond acceptors (Lipinski definition) is 2. The van der Waals surface area contributed by atoms with Crippen molar-refractivity contribution in [2.45, 2.75) is 19.8 Å². The second-order valence-electron chi connectivity index (χ2n) is 1.93. The fourth-order valence-corrected chi connectivity index (χ4v) is 0.682. The van der Waals surface area contributed by atoms with Gasteiger partial charge in [-0.3, -0.25) is 0 Å². The van der Waals surface area contributed by atoms with E-state index in [9.17, 15) is 0 Å². The third-order valence-corrected chi connectivity index (χ3v) is 1.06. The highest BCUT2D eigenvalue weighted by atomic mass is 16.7. The summed E-state index contributed by atoms with van der Waals surface area (Å²) in [4.78, 5) is 0. The molecular weight excluding hydrogens is 116 g/mol. The summed E-state index contributed by atoms with van der Waals surface area (Å²) >= 11 is 0. The first-order chi connectivity index (χ1) is 4.33. The topological polar surface area (TPSA) is 18.5 Å². The minimum Gasteiger partial charge on any atom is -0.431 e. The molecular formula is C7H10O2. The van der Waals surface area contributed by atoms with E-state index in [0.29, 0.717) is 5.95 Å². The third kappa shape index (κ3) is 1.49. The number of hydrogen-bond donors (Lipinski definition) is 0. The van der Waals surface area contributed by atoms with Gasteiger partial charge in [-0.15, -0.1) is 0 Å². The fourth-order valence-electron chi connectivity index (χ4n) is 0.682. The van der Waals surface area contributed by atoms with E-state index in [0.717, 1.165) is 18.6 Å². The van der Waals surface area contributed by atoms with Gasteiger partial charge in [0.05, 0.1) is 0 Å². The molecule has 1 heterocycles. The minimum atomic E-state index is 0.387. The van der Waals surface area contributed by atoms with Gasteiger partial charge in [-0.2, -0.15) is 0 Å². The molecule has 0 fully saturated rings. The van der Waals surface area contributed by atoms with Crippen LogP contribution in [-0.4, -0.2) is 0 Å². The highest BCUT2D eigenvalue weighted by Gasteiger charge is 2.08. The van der Waals surface area contributed by atoms with Crippen molar-refractivity contribution < 1.29 is 9.47 Å². The van der Waals surface area contributed by atoms with Gasteiger partial charge in [-0.05, 0) is 13.0 Å². The van der Waals surface area contributed by atoms with E-state index >= 15 is 0 Å². The molecule has 2 heteroatoms. The minimum absolute atomic E-state index is 0.387. The van der Waals surface area contributed by atoms with Crippen LogP contribution in [0.1, 0.15) is 19.8 Å². The molecule has 0 atom stereocenters. The second-order valence-corrected chi connectivity index (χ2v) is 1.93. The van der Waals surface area contributed by atoms with Gasteiger partial charge in [0.1, 0.15) is 12.0 Å². The predicted octanol–water partition coefficient (Wildman–Crippen LogP) is 2.15. The molecule has 0 saturated heterocycles. The van der Waals surface area contributed by atoms with Gasteiger partial charge in [-0.1, -0.05) is 6.92 Å². The van der Waals surface area contributed by atoms with Gasteiger partial charge >= 0.3 is 0 Å². The smallest absolute Gasteiger partial charge is 0.281 e. The Bertz CT molecular complexity index is 147. The zero-order valence-electron chi connectivity index (χ0n) is 5.52. The highest BCUT2D eigenvalue weighted by Crippen LogP contribution is 2.18. The molecule has 0 N–H and O–H groups in total. The van der Waals surface area contributed by atoms with Crippen molar-refractivity contribution in [2.24, 2.45) is 0 Å². The lowest BCUT2D eigenvalue weighted by atomic mass is 10.3. The van der Waals surface area contributed by atoms with E-state index < -0.39 is 0 Å². The van der Waals surface area contributed by atoms with Crippen LogP contribution in [-0.2, 0) is 9.47 Å². The van der Waals surface area contributed by atoms with Crippen LogP contribution in [0.3, 0.4) is 0 Å². The molecule has 0 unspecified atom stereocenters. The van der Waals surface area contributed by atoms with Gasteiger partial charge < -0.3 is 9.47 Å². The van der Waals surface area contributed by atoms with Crippen molar-refractivity contribution in [2.75, 3.05) is 0 Å². The summed E-state index contributed by atoms with van der Waals surface area (Å²) in [7, 11) is 0. The molecule has 0 radical (unpaired) electrons. The summed E-state index contributed by atoms with van der Waals surface area (Å²) in [5.41, 5.74) is 0. The van der Waals surface area contributed by atoms with Gasteiger partial charge in [0, 0.05) is 6.42 Å². The van der Waals surface area contributed by atoms with Crippen LogP contribution in [0, 0.1) is 0 Å². The van der Waals surface area contributed by atoms with Crippen LogP contribution in [0.5, 0.6) is 0 Å². The summed E-state index contributed by atoms with van der Waals surface area (Å²) in [6.45, 7) is 5.58. The molecule has 0 saturated carbocycles. The first kappa shape index (κ1) is 6.20. The maximum Gasteiger partial charge on any atom is 0.281 e. The van der Waals surface area contributed by atoms with Gasteiger partial charge in [-0.25, -0.2) is 0 Å². The van der Waals surface area contributed by atoms with Crippen LogP contribution in [0.2, 0.25) is 0 Å². The van der Waals surface area contributed by atoms with Crippen molar-refractivity contribution in [3.63, 3.8) is 0 Å². The maximum atomic E-state index is 5.05. The number of allylic oxidation sites excluding steroid dienone is 1. The first-order valence-corrected chi connectivity index (χ1v) is 3.05. The lowest BCUT2D eigenvalue weighted by Crippen LogP contribution is -1.81. The lowest BCUT2D eigenvalue weighted by molar-refractivity contribution is 0.186. The fraction of sp³-hybridized carbons (Fsp3) is 0.429. The number of ether oxygens (including phenoxy) is 2. The summed E-state index contributed by atoms with van der Waals surface area (Å²) in [5, 5.41) is 0. The van der Waals surface area contributed by atoms with Gasteiger partial charge in [0.15, 0.2) is 0 Å². The second kappa shape index (κ2) is 2.58. The molecule has 0 aromatic carbocycles. The molecule has 9 heavy (non-hydrogen) atoms. The van der Waals surface area contributed by atoms with E-state index in [1.165, 1.54) is 0 Å². The summed E-state index contributed by atoms with van der Waals surface area (Å²) < 4.78 is 9.89. The Labute approximate surface area is 54.8 Å². The van der Waals surface area contributed by atoms with Crippen molar-refractivity contribution in [3.05, 3.63) is 24.5 Å². The normalized spacial score (nSPS) is 16.6. The quantitative estimate of drug-likeness (QED) is 0.564. The Kier molecular flexibility index (Phi) is 1.78. The van der Waals surface area contributed by atoms with E-state index in [2.05, 4.69) is 13.5 Å². The Morgan fingerprint density at radius 2 is 2.44 bits per heavy atom. The molecule has 0 bridgehead atoms. The molecule has 0 aromatic rings. The van der Waals surface area contributed by atoms with Crippen LogP contribution in [0.4, 0.5) is 0 Å². The molecule has 2 nitrogen and oxygen atoms in total. The molecule has 0 aromatic heterocycles. The Balaban J connectivity index is 2.36. The SMILES string of the molecule is C=C1OC=C(CCC)O1. The molecule has 1 aliphatic rings. The van der Waals surface area contributed by atoms with E-state index in [4.69, 9.17) is 9.47 Å². The van der Waals surface area contributed by atoms with E-state index in [1.807, 2.05) is 0 Å². The molecule has 1 aliphatic heterocycles. The largest absolute Gasteiger partial charge is 0.431 e. The summed E-state index contributed by atoms with van der Waals surface area (Å²) in [6, 6.07) is 0. The van der Waals surface area contributed by atoms with E-state index in [-0.39, 0.29) is 0 Å². The van der Waals surface area contributed by atoms with Crippen LogP contribution in [0.25, 0.3) is 0 Å². The highest BCUT2D eigenvalue weighted by molar-refractivity contribution is 4.98. The Morgan fingerprint density at radius 1 is 1.67 bits per heavy atom. The molecule has 0 aliphatic carbocycles. The zero-order valence-corrected chi connectivity index (χ0v) is 5.52. The first-order valence-electron chi connectivity index (χ1n) is 3.05. The third-order valence-electron chi connectivity index (χ3n) is 1.06. The number of rotatable bonds is 2. The van der Waals surface area contributed by atoms with Gasteiger partial charge in [0.25, 0.3) is 5.95 Å². The van der Waals surface area contributed by atoms with Crippen LogP contribution >= 0.6 is 0 Å². The lowest BCUT2D eigenvalue weighted by Gasteiger charge is -1.96. The molecule has 0 amide bonds. The Hall–Kier alpha value is -0.920. The predicted molar refractivity (Wildman–Crippen MR) is 34.3 cm³/mol. The zero-order chi connectivity index (χ0) is 6.69. The molecule has 0 spiro atoms. The van der Waals surface area contributed by atoms with Crippen molar-refractivity contribution in [1.29, 1.82) is 0 Å². The summed E-state index contributed by atoms with van der Waals surface area (Å²) in [6.07, 6.45) is 3.60. The molecule has 1 rings (SSSR count).